The molecule has 1 aliphatic carbocycles. The van der Waals surface area contributed by atoms with Crippen molar-refractivity contribution in [3.63, 3.8) is 0 Å². The molecule has 2 amide bonds. The predicted molar refractivity (Wildman–Crippen MR) is 118 cm³/mol. The number of amides is 2. The third kappa shape index (κ3) is 4.04. The van der Waals surface area contributed by atoms with Gasteiger partial charge in [0.2, 0.25) is 0 Å². The maximum atomic E-state index is 12.8. The van der Waals surface area contributed by atoms with Crippen LogP contribution in [0.2, 0.25) is 0 Å². The van der Waals surface area contributed by atoms with Crippen molar-refractivity contribution in [2.45, 2.75) is 32.1 Å². The van der Waals surface area contributed by atoms with Crippen LogP contribution in [0.25, 0.3) is 0 Å². The fraction of sp³-hybridized carbons (Fsp3) is 0.208. The first kappa shape index (κ1) is 20.0. The van der Waals surface area contributed by atoms with Gasteiger partial charge in [-0.15, -0.1) is 11.3 Å². The van der Waals surface area contributed by atoms with Gasteiger partial charge in [0.1, 0.15) is 5.00 Å². The van der Waals surface area contributed by atoms with Crippen LogP contribution in [0.1, 0.15) is 66.3 Å². The average molecular weight is 419 g/mol. The molecule has 0 saturated carbocycles. The van der Waals surface area contributed by atoms with E-state index in [2.05, 4.69) is 5.32 Å². The van der Waals surface area contributed by atoms with Gasteiger partial charge < -0.3 is 11.1 Å². The molecule has 1 aliphatic rings. The van der Waals surface area contributed by atoms with Crippen molar-refractivity contribution in [2.75, 3.05) is 5.32 Å². The Morgan fingerprint density at radius 2 is 1.43 bits per heavy atom. The van der Waals surface area contributed by atoms with E-state index in [1.807, 2.05) is 18.2 Å². The molecule has 0 saturated heterocycles. The molecule has 0 radical (unpaired) electrons. The van der Waals surface area contributed by atoms with Crippen LogP contribution in [0.3, 0.4) is 0 Å². The zero-order valence-corrected chi connectivity index (χ0v) is 17.3. The molecule has 3 aromatic rings. The molecule has 4 rings (SSSR count). The van der Waals surface area contributed by atoms with Gasteiger partial charge in [-0.1, -0.05) is 48.9 Å². The van der Waals surface area contributed by atoms with E-state index in [4.69, 9.17) is 5.73 Å². The van der Waals surface area contributed by atoms with Crippen LogP contribution in [-0.2, 0) is 12.8 Å². The molecule has 3 N–H and O–H groups in total. The minimum absolute atomic E-state index is 0.0967. The quantitative estimate of drug-likeness (QED) is 0.469. The highest BCUT2D eigenvalue weighted by atomic mass is 32.1. The van der Waals surface area contributed by atoms with E-state index in [0.717, 1.165) is 42.5 Å². The van der Waals surface area contributed by atoms with Crippen LogP contribution in [-0.4, -0.2) is 17.6 Å². The highest BCUT2D eigenvalue weighted by Gasteiger charge is 2.24. The number of benzene rings is 2. The average Bonchev–Trinajstić information content (AvgIpc) is 2.94. The number of carbonyl (C=O) groups is 3. The fourth-order valence-electron chi connectivity index (χ4n) is 3.80. The van der Waals surface area contributed by atoms with E-state index in [-0.39, 0.29) is 11.7 Å². The zero-order valence-electron chi connectivity index (χ0n) is 16.4. The molecule has 1 aromatic heterocycles. The number of primary amides is 1. The van der Waals surface area contributed by atoms with Crippen LogP contribution >= 0.6 is 11.3 Å². The van der Waals surface area contributed by atoms with E-state index in [0.29, 0.717) is 27.3 Å². The van der Waals surface area contributed by atoms with Crippen molar-refractivity contribution in [3.8, 4) is 0 Å². The molecular weight excluding hydrogens is 396 g/mol. The van der Waals surface area contributed by atoms with Gasteiger partial charge in [0.25, 0.3) is 11.8 Å². The highest BCUT2D eigenvalue weighted by Crippen LogP contribution is 2.37. The summed E-state index contributed by atoms with van der Waals surface area (Å²) in [6.45, 7) is 0. The maximum absolute atomic E-state index is 12.8. The van der Waals surface area contributed by atoms with E-state index in [1.165, 1.54) is 11.3 Å². The summed E-state index contributed by atoms with van der Waals surface area (Å²) in [4.78, 5) is 38.5. The smallest absolute Gasteiger partial charge is 0.256 e. The summed E-state index contributed by atoms with van der Waals surface area (Å²) in [5.74, 6) is -0.929. The molecule has 1 heterocycles. The Hall–Kier alpha value is -3.25. The lowest BCUT2D eigenvalue weighted by Gasteiger charge is -2.07. The number of nitrogens with two attached hydrogens (primary N) is 1. The Morgan fingerprint density at radius 3 is 2.13 bits per heavy atom. The van der Waals surface area contributed by atoms with Crippen molar-refractivity contribution in [3.05, 3.63) is 87.3 Å². The minimum Gasteiger partial charge on any atom is -0.365 e. The van der Waals surface area contributed by atoms with Gasteiger partial charge >= 0.3 is 0 Å². The molecule has 0 unspecified atom stereocenters. The second-order valence-electron chi connectivity index (χ2n) is 7.36. The Morgan fingerprint density at radius 1 is 0.800 bits per heavy atom. The Bertz CT molecular complexity index is 1100. The van der Waals surface area contributed by atoms with Crippen LogP contribution in [0.15, 0.2) is 54.6 Å². The standard InChI is InChI=1S/C24H22N2O3S/c25-22(28)20-18-9-5-2-6-10-19(18)30-24(20)26-23(29)17-13-11-16(12-14-17)21(27)15-7-3-1-4-8-15/h1,3-4,7-8,11-14H,2,5-6,9-10H2,(H2,25,28)(H,26,29). The topological polar surface area (TPSA) is 89.3 Å². The Balaban J connectivity index is 1.55. The predicted octanol–water partition coefficient (Wildman–Crippen LogP) is 4.60. The van der Waals surface area contributed by atoms with Gasteiger partial charge in [-0.25, -0.2) is 0 Å². The molecule has 0 atom stereocenters. The van der Waals surface area contributed by atoms with Gasteiger partial charge in [-0.3, -0.25) is 14.4 Å². The largest absolute Gasteiger partial charge is 0.365 e. The summed E-state index contributed by atoms with van der Waals surface area (Å²) in [5, 5.41) is 3.38. The van der Waals surface area contributed by atoms with Gasteiger partial charge in [0.05, 0.1) is 5.56 Å². The summed E-state index contributed by atoms with van der Waals surface area (Å²) >= 11 is 1.45. The Labute approximate surface area is 178 Å². The number of carbonyl (C=O) groups excluding carboxylic acids is 3. The van der Waals surface area contributed by atoms with E-state index in [9.17, 15) is 14.4 Å². The number of ketones is 1. The van der Waals surface area contributed by atoms with Crippen molar-refractivity contribution in [1.82, 2.24) is 0 Å². The third-order valence-corrected chi connectivity index (χ3v) is 6.55. The second-order valence-corrected chi connectivity index (χ2v) is 8.46. The lowest BCUT2D eigenvalue weighted by atomic mass is 10.0. The lowest BCUT2D eigenvalue weighted by molar-refractivity contribution is 0.0998. The molecule has 5 nitrogen and oxygen atoms in total. The van der Waals surface area contributed by atoms with Crippen molar-refractivity contribution >= 4 is 33.9 Å². The number of hydrogen-bond donors (Lipinski definition) is 2. The first-order valence-corrected chi connectivity index (χ1v) is 10.8. The molecule has 152 valence electrons. The zero-order chi connectivity index (χ0) is 21.1. The molecule has 30 heavy (non-hydrogen) atoms. The number of fused-ring (bicyclic) bond motifs is 1. The molecule has 0 spiro atoms. The number of anilines is 1. The van der Waals surface area contributed by atoms with Crippen molar-refractivity contribution < 1.29 is 14.4 Å². The SMILES string of the molecule is NC(=O)c1c(NC(=O)c2ccc(C(=O)c3ccccc3)cc2)sc2c1CCCCC2. The first-order chi connectivity index (χ1) is 14.5. The van der Waals surface area contributed by atoms with Crippen molar-refractivity contribution in [1.29, 1.82) is 0 Å². The summed E-state index contributed by atoms with van der Waals surface area (Å²) in [6, 6.07) is 15.5. The molecule has 0 bridgehead atoms. The van der Waals surface area contributed by atoms with Crippen LogP contribution in [0, 0.1) is 0 Å². The summed E-state index contributed by atoms with van der Waals surface area (Å²) < 4.78 is 0. The Kier molecular flexibility index (Phi) is 5.77. The normalized spacial score (nSPS) is 13.2. The van der Waals surface area contributed by atoms with Crippen LogP contribution < -0.4 is 11.1 Å². The van der Waals surface area contributed by atoms with Crippen LogP contribution in [0.4, 0.5) is 5.00 Å². The van der Waals surface area contributed by atoms with Crippen molar-refractivity contribution in [2.24, 2.45) is 5.73 Å². The molecule has 6 heteroatoms. The molecule has 0 aliphatic heterocycles. The van der Waals surface area contributed by atoms with E-state index >= 15 is 0 Å². The number of rotatable bonds is 5. The first-order valence-electron chi connectivity index (χ1n) is 10.00. The maximum Gasteiger partial charge on any atom is 0.256 e. The van der Waals surface area contributed by atoms with Gasteiger partial charge in [-0.05, 0) is 43.4 Å². The van der Waals surface area contributed by atoms with Crippen LogP contribution in [0.5, 0.6) is 0 Å². The number of nitrogens with one attached hydrogen (secondary N) is 1. The highest BCUT2D eigenvalue weighted by molar-refractivity contribution is 7.17. The molecule has 0 fully saturated rings. The van der Waals surface area contributed by atoms with Gasteiger partial charge in [0, 0.05) is 21.6 Å². The third-order valence-electron chi connectivity index (χ3n) is 5.34. The summed E-state index contributed by atoms with van der Waals surface area (Å²) in [5.41, 5.74) is 8.60. The minimum atomic E-state index is -0.506. The van der Waals surface area contributed by atoms with Gasteiger partial charge in [0.15, 0.2) is 5.78 Å². The van der Waals surface area contributed by atoms with Gasteiger partial charge in [-0.2, -0.15) is 0 Å². The summed E-state index contributed by atoms with van der Waals surface area (Å²) in [7, 11) is 0. The van der Waals surface area contributed by atoms with E-state index < -0.39 is 5.91 Å². The summed E-state index contributed by atoms with van der Waals surface area (Å²) in [6.07, 6.45) is 4.96. The molecule has 2 aromatic carbocycles. The second kappa shape index (κ2) is 8.63. The fourth-order valence-corrected chi connectivity index (χ4v) is 5.09. The lowest BCUT2D eigenvalue weighted by Crippen LogP contribution is -2.18. The monoisotopic (exact) mass is 418 g/mol. The number of aryl methyl sites for hydroxylation is 1. The number of hydrogen-bond acceptors (Lipinski definition) is 4. The van der Waals surface area contributed by atoms with E-state index in [1.54, 1.807) is 36.4 Å². The number of thiophene rings is 1. The molecular formula is C24H22N2O3S.